The van der Waals surface area contributed by atoms with Crippen molar-refractivity contribution in [3.63, 3.8) is 0 Å². The topological polar surface area (TPSA) is 60.4 Å². The molecule has 1 saturated carbocycles. The summed E-state index contributed by atoms with van der Waals surface area (Å²) < 4.78 is 28.5. The van der Waals surface area contributed by atoms with Gasteiger partial charge in [0.2, 0.25) is 0 Å². The fourth-order valence-corrected chi connectivity index (χ4v) is 4.64. The predicted molar refractivity (Wildman–Crippen MR) is 84.5 cm³/mol. The fourth-order valence-electron chi connectivity index (χ4n) is 2.26. The molecule has 1 aromatic carbocycles. The van der Waals surface area contributed by atoms with E-state index in [1.165, 1.54) is 12.1 Å². The third-order valence-electron chi connectivity index (χ3n) is 3.32. The van der Waals surface area contributed by atoms with Crippen LogP contribution in [0.25, 0.3) is 0 Å². The van der Waals surface area contributed by atoms with Crippen molar-refractivity contribution in [2.24, 2.45) is 0 Å². The van der Waals surface area contributed by atoms with Crippen LogP contribution in [0.1, 0.15) is 42.5 Å². The quantitative estimate of drug-likeness (QED) is 0.537. The molecule has 0 N–H and O–H groups in total. The van der Waals surface area contributed by atoms with Crippen molar-refractivity contribution >= 4 is 53.2 Å². The van der Waals surface area contributed by atoms with Crippen molar-refractivity contribution in [1.29, 1.82) is 0 Å². The molecule has 116 valence electrons. The normalized spacial score (nSPS) is 16.7. The summed E-state index contributed by atoms with van der Waals surface area (Å²) in [4.78, 5) is 11.9. The number of benzene rings is 1. The van der Waals surface area contributed by atoms with Crippen molar-refractivity contribution in [3.8, 4) is 0 Å². The molecular weight excluding hydrogens is 403 g/mol. The van der Waals surface area contributed by atoms with Gasteiger partial charge in [0.1, 0.15) is 6.10 Å². The highest BCUT2D eigenvalue weighted by atomic mass is 79.9. The Hall–Kier alpha value is -0.300. The van der Waals surface area contributed by atoms with Crippen molar-refractivity contribution in [1.82, 2.24) is 0 Å². The lowest BCUT2D eigenvalue weighted by atomic mass is 9.98. The third kappa shape index (κ3) is 4.34. The highest BCUT2D eigenvalue weighted by molar-refractivity contribution is 9.10. The SMILES string of the molecule is O=C(OC1CCCCC1)c1cc(Cl)c(Br)c(S(=O)(=O)Cl)c1. The van der Waals surface area contributed by atoms with Gasteiger partial charge in [-0.3, -0.25) is 0 Å². The Labute approximate surface area is 141 Å². The Balaban J connectivity index is 2.27. The Bertz CT molecular complexity index is 654. The Morgan fingerprint density at radius 2 is 1.86 bits per heavy atom. The largest absolute Gasteiger partial charge is 0.459 e. The third-order valence-corrected chi connectivity index (χ3v) is 6.31. The maximum absolute atomic E-state index is 12.1. The van der Waals surface area contributed by atoms with Crippen LogP contribution in [0.2, 0.25) is 5.02 Å². The van der Waals surface area contributed by atoms with Gasteiger partial charge in [-0.1, -0.05) is 18.0 Å². The molecule has 8 heteroatoms. The van der Waals surface area contributed by atoms with Gasteiger partial charge in [-0.05, 0) is 53.7 Å². The van der Waals surface area contributed by atoms with Gasteiger partial charge in [-0.15, -0.1) is 0 Å². The molecule has 0 radical (unpaired) electrons. The summed E-state index contributed by atoms with van der Waals surface area (Å²) in [6.07, 6.45) is 4.74. The van der Waals surface area contributed by atoms with Crippen molar-refractivity contribution in [2.45, 2.75) is 43.1 Å². The molecule has 0 saturated heterocycles. The summed E-state index contributed by atoms with van der Waals surface area (Å²) in [6.45, 7) is 0. The Morgan fingerprint density at radius 1 is 1.24 bits per heavy atom. The molecule has 4 nitrogen and oxygen atoms in total. The molecule has 0 atom stereocenters. The van der Waals surface area contributed by atoms with E-state index in [9.17, 15) is 13.2 Å². The summed E-state index contributed by atoms with van der Waals surface area (Å²) in [5.74, 6) is -0.585. The molecule has 0 aromatic heterocycles. The van der Waals surface area contributed by atoms with E-state index in [1.54, 1.807) is 0 Å². The van der Waals surface area contributed by atoms with Gasteiger partial charge in [0.05, 0.1) is 20.0 Å². The molecule has 2 rings (SSSR count). The second-order valence-corrected chi connectivity index (χ2v) is 8.61. The van der Waals surface area contributed by atoms with Crippen LogP contribution in [0.15, 0.2) is 21.5 Å². The first-order valence-corrected chi connectivity index (χ1v) is 9.92. The highest BCUT2D eigenvalue weighted by Gasteiger charge is 2.23. The smallest absolute Gasteiger partial charge is 0.338 e. The molecule has 0 unspecified atom stereocenters. The van der Waals surface area contributed by atoms with Crippen LogP contribution in [0.5, 0.6) is 0 Å². The first-order chi connectivity index (χ1) is 9.79. The zero-order chi connectivity index (χ0) is 15.6. The average Bonchev–Trinajstić information content (AvgIpc) is 2.41. The molecule has 1 aromatic rings. The van der Waals surface area contributed by atoms with E-state index in [-0.39, 0.29) is 26.1 Å². The maximum Gasteiger partial charge on any atom is 0.338 e. The summed E-state index contributed by atoms with van der Waals surface area (Å²) >= 11 is 8.98. The predicted octanol–water partition coefficient (Wildman–Crippen LogP) is 4.52. The van der Waals surface area contributed by atoms with E-state index in [1.807, 2.05) is 0 Å². The van der Waals surface area contributed by atoms with E-state index in [2.05, 4.69) is 15.9 Å². The molecule has 0 bridgehead atoms. The summed E-state index contributed by atoms with van der Waals surface area (Å²) in [7, 11) is 1.32. The summed E-state index contributed by atoms with van der Waals surface area (Å²) in [5.41, 5.74) is 0.0769. The monoisotopic (exact) mass is 414 g/mol. The number of rotatable bonds is 3. The van der Waals surface area contributed by atoms with Crippen LogP contribution in [0.3, 0.4) is 0 Å². The summed E-state index contributed by atoms with van der Waals surface area (Å²) in [6, 6.07) is 2.53. The molecule has 0 aliphatic heterocycles. The number of hydrogen-bond acceptors (Lipinski definition) is 4. The van der Waals surface area contributed by atoms with Crippen LogP contribution >= 0.6 is 38.2 Å². The van der Waals surface area contributed by atoms with Gasteiger partial charge >= 0.3 is 5.97 Å². The lowest BCUT2D eigenvalue weighted by Gasteiger charge is -2.22. The number of carbonyl (C=O) groups is 1. The van der Waals surface area contributed by atoms with E-state index in [4.69, 9.17) is 27.0 Å². The van der Waals surface area contributed by atoms with Crippen molar-refractivity contribution < 1.29 is 17.9 Å². The van der Waals surface area contributed by atoms with Gasteiger partial charge in [0.25, 0.3) is 9.05 Å². The lowest BCUT2D eigenvalue weighted by molar-refractivity contribution is 0.0211. The number of halogens is 3. The number of hydrogen-bond donors (Lipinski definition) is 0. The van der Waals surface area contributed by atoms with Gasteiger partial charge < -0.3 is 4.74 Å². The van der Waals surface area contributed by atoms with Gasteiger partial charge in [-0.25, -0.2) is 13.2 Å². The highest BCUT2D eigenvalue weighted by Crippen LogP contribution is 2.33. The van der Waals surface area contributed by atoms with Crippen molar-refractivity contribution in [3.05, 3.63) is 27.2 Å². The first-order valence-electron chi connectivity index (χ1n) is 6.43. The minimum atomic E-state index is -4.01. The van der Waals surface area contributed by atoms with Crippen LogP contribution in [-0.2, 0) is 13.8 Å². The van der Waals surface area contributed by atoms with Crippen LogP contribution in [0.4, 0.5) is 0 Å². The van der Waals surface area contributed by atoms with E-state index < -0.39 is 15.0 Å². The van der Waals surface area contributed by atoms with Gasteiger partial charge in [0, 0.05) is 10.7 Å². The molecule has 1 fully saturated rings. The summed E-state index contributed by atoms with van der Waals surface area (Å²) in [5, 5.41) is 0.0901. The Morgan fingerprint density at radius 3 is 2.43 bits per heavy atom. The zero-order valence-electron chi connectivity index (χ0n) is 10.9. The molecule has 21 heavy (non-hydrogen) atoms. The molecule has 1 aliphatic rings. The minimum absolute atomic E-state index is 0.0769. The number of esters is 1. The molecule has 0 heterocycles. The van der Waals surface area contributed by atoms with Gasteiger partial charge in [-0.2, -0.15) is 0 Å². The molecule has 1 aliphatic carbocycles. The van der Waals surface area contributed by atoms with Gasteiger partial charge in [0.15, 0.2) is 0 Å². The van der Waals surface area contributed by atoms with Crippen molar-refractivity contribution in [2.75, 3.05) is 0 Å². The molecule has 0 spiro atoms. The van der Waals surface area contributed by atoms with Crippen LogP contribution in [0, 0.1) is 0 Å². The zero-order valence-corrected chi connectivity index (χ0v) is 14.9. The molecular formula is C13H13BrCl2O4S. The van der Waals surface area contributed by atoms with E-state index in [0.717, 1.165) is 32.1 Å². The Kier molecular flexibility index (Phi) is 5.57. The molecule has 0 amide bonds. The number of ether oxygens (including phenoxy) is 1. The van der Waals surface area contributed by atoms with E-state index in [0.29, 0.717) is 0 Å². The lowest BCUT2D eigenvalue weighted by Crippen LogP contribution is -2.21. The van der Waals surface area contributed by atoms with Crippen LogP contribution < -0.4 is 0 Å². The minimum Gasteiger partial charge on any atom is -0.459 e. The standard InChI is InChI=1S/C13H13BrCl2O4S/c14-12-10(15)6-8(7-11(12)21(16,18)19)13(17)20-9-4-2-1-3-5-9/h6-7,9H,1-5H2. The number of carbonyl (C=O) groups excluding carboxylic acids is 1. The van der Waals surface area contributed by atoms with E-state index >= 15 is 0 Å². The average molecular weight is 416 g/mol. The van der Waals surface area contributed by atoms with Crippen LogP contribution in [-0.4, -0.2) is 20.5 Å². The second kappa shape index (κ2) is 6.86. The second-order valence-electron chi connectivity index (χ2n) is 4.87. The maximum atomic E-state index is 12.1. The first kappa shape index (κ1) is 17.1. The fraction of sp³-hybridized carbons (Fsp3) is 0.462.